The topological polar surface area (TPSA) is 51.5 Å². The van der Waals surface area contributed by atoms with Gasteiger partial charge in [0.25, 0.3) is 0 Å². The Morgan fingerprint density at radius 1 is 1.25 bits per heavy atom. The Kier molecular flexibility index (Phi) is 4.87. The van der Waals surface area contributed by atoms with Gasteiger partial charge in [-0.1, -0.05) is 29.8 Å². The third-order valence-corrected chi connectivity index (χ3v) is 3.78. The molecule has 0 unspecified atom stereocenters. The lowest BCUT2D eigenvalue weighted by atomic mass is 10.2. The number of methoxy groups -OCH3 is 1. The third kappa shape index (κ3) is 3.78. The zero-order valence-electron chi connectivity index (χ0n) is 13.1. The fraction of sp³-hybridized carbons (Fsp3) is 0.105. The molecule has 1 aromatic heterocycles. The first-order valence-electron chi connectivity index (χ1n) is 7.42. The number of carbonyl (C=O) groups is 1. The molecule has 4 nitrogen and oxygen atoms in total. The zero-order valence-corrected chi connectivity index (χ0v) is 13.8. The van der Waals surface area contributed by atoms with E-state index in [1.165, 1.54) is 6.08 Å². The van der Waals surface area contributed by atoms with E-state index in [0.29, 0.717) is 17.3 Å². The van der Waals surface area contributed by atoms with Crippen LogP contribution in [0.2, 0.25) is 5.02 Å². The molecular formula is C19H16ClNO3. The number of furan rings is 1. The Hall–Kier alpha value is -2.72. The molecule has 1 heterocycles. The van der Waals surface area contributed by atoms with Gasteiger partial charge in [0.2, 0.25) is 5.91 Å². The largest absolute Gasteiger partial charge is 0.496 e. The van der Waals surface area contributed by atoms with Gasteiger partial charge in [-0.25, -0.2) is 0 Å². The van der Waals surface area contributed by atoms with Crippen molar-refractivity contribution >= 4 is 34.6 Å². The second-order valence-corrected chi connectivity index (χ2v) is 5.63. The van der Waals surface area contributed by atoms with E-state index in [9.17, 15) is 4.79 Å². The van der Waals surface area contributed by atoms with Gasteiger partial charge in [-0.15, -0.1) is 0 Å². The van der Waals surface area contributed by atoms with E-state index in [1.807, 2.05) is 36.4 Å². The molecule has 0 saturated carbocycles. The van der Waals surface area contributed by atoms with Gasteiger partial charge >= 0.3 is 0 Å². The maximum absolute atomic E-state index is 12.0. The minimum atomic E-state index is -0.209. The number of hydrogen-bond donors (Lipinski definition) is 1. The molecule has 0 atom stereocenters. The highest BCUT2D eigenvalue weighted by molar-refractivity contribution is 6.31. The number of para-hydroxylation sites is 1. The summed E-state index contributed by atoms with van der Waals surface area (Å²) in [5, 5.41) is 4.36. The second kappa shape index (κ2) is 7.23. The van der Waals surface area contributed by atoms with Gasteiger partial charge < -0.3 is 14.5 Å². The van der Waals surface area contributed by atoms with E-state index >= 15 is 0 Å². The molecule has 0 aliphatic rings. The summed E-state index contributed by atoms with van der Waals surface area (Å²) >= 11 is 5.95. The molecule has 0 radical (unpaired) electrons. The number of halogens is 1. The van der Waals surface area contributed by atoms with E-state index in [-0.39, 0.29) is 5.91 Å². The summed E-state index contributed by atoms with van der Waals surface area (Å²) in [4.78, 5) is 12.0. The summed E-state index contributed by atoms with van der Waals surface area (Å²) in [6, 6.07) is 14.8. The van der Waals surface area contributed by atoms with Crippen LogP contribution in [0.1, 0.15) is 11.3 Å². The predicted octanol–water partition coefficient (Wildman–Crippen LogP) is 4.42. The Morgan fingerprint density at radius 3 is 2.92 bits per heavy atom. The van der Waals surface area contributed by atoms with Gasteiger partial charge in [-0.05, 0) is 36.4 Å². The average molecular weight is 342 g/mol. The highest BCUT2D eigenvalue weighted by Gasteiger charge is 2.04. The highest BCUT2D eigenvalue weighted by atomic mass is 35.5. The van der Waals surface area contributed by atoms with Gasteiger partial charge in [0, 0.05) is 28.6 Å². The number of hydrogen-bond acceptors (Lipinski definition) is 3. The van der Waals surface area contributed by atoms with Crippen molar-refractivity contribution in [1.82, 2.24) is 5.32 Å². The first-order chi connectivity index (χ1) is 11.7. The Balaban J connectivity index is 1.64. The van der Waals surface area contributed by atoms with Crippen molar-refractivity contribution in [3.63, 3.8) is 0 Å². The number of nitrogens with one attached hydrogen (secondary N) is 1. The molecule has 0 aliphatic heterocycles. The fourth-order valence-electron chi connectivity index (χ4n) is 2.36. The van der Waals surface area contributed by atoms with Gasteiger partial charge in [-0.2, -0.15) is 0 Å². The summed E-state index contributed by atoms with van der Waals surface area (Å²) in [6.45, 7) is 0.392. The van der Waals surface area contributed by atoms with E-state index in [4.69, 9.17) is 20.8 Å². The van der Waals surface area contributed by atoms with Gasteiger partial charge in [-0.3, -0.25) is 4.79 Å². The minimum Gasteiger partial charge on any atom is -0.496 e. The summed E-state index contributed by atoms with van der Waals surface area (Å²) in [5.41, 5.74) is 1.65. The van der Waals surface area contributed by atoms with Crippen molar-refractivity contribution < 1.29 is 13.9 Å². The second-order valence-electron chi connectivity index (χ2n) is 5.19. The van der Waals surface area contributed by atoms with Crippen LogP contribution in [0.4, 0.5) is 0 Å². The number of amides is 1. The van der Waals surface area contributed by atoms with E-state index in [2.05, 4.69) is 5.32 Å². The van der Waals surface area contributed by atoms with Crippen LogP contribution in [0.3, 0.4) is 0 Å². The lowest BCUT2D eigenvalue weighted by Gasteiger charge is -2.08. The van der Waals surface area contributed by atoms with Crippen LogP contribution in [0, 0.1) is 0 Å². The Bertz CT molecular complexity index is 899. The molecule has 0 fully saturated rings. The number of benzene rings is 2. The third-order valence-electron chi connectivity index (χ3n) is 3.54. The van der Waals surface area contributed by atoms with Crippen molar-refractivity contribution in [3.8, 4) is 5.75 Å². The molecule has 1 amide bonds. The molecule has 0 bridgehead atoms. The fourth-order valence-corrected chi connectivity index (χ4v) is 2.55. The minimum absolute atomic E-state index is 0.209. The molecule has 0 spiro atoms. The van der Waals surface area contributed by atoms with E-state index < -0.39 is 0 Å². The SMILES string of the molecule is COc1ccccc1CNC(=O)/C=C/c1cc2cc(Cl)ccc2o1. The molecule has 24 heavy (non-hydrogen) atoms. The van der Waals surface area contributed by atoms with Crippen molar-refractivity contribution in [2.75, 3.05) is 7.11 Å². The molecule has 3 aromatic rings. The van der Waals surface area contributed by atoms with Gasteiger partial charge in [0.1, 0.15) is 17.1 Å². The summed E-state index contributed by atoms with van der Waals surface area (Å²) in [6.07, 6.45) is 3.07. The van der Waals surface area contributed by atoms with Crippen LogP contribution < -0.4 is 10.1 Å². The van der Waals surface area contributed by atoms with Crippen LogP contribution in [-0.2, 0) is 11.3 Å². The number of ether oxygens (including phenoxy) is 1. The number of carbonyl (C=O) groups excluding carboxylic acids is 1. The molecule has 0 saturated heterocycles. The highest BCUT2D eigenvalue weighted by Crippen LogP contribution is 2.23. The maximum Gasteiger partial charge on any atom is 0.244 e. The van der Waals surface area contributed by atoms with Crippen LogP contribution in [0.25, 0.3) is 17.0 Å². The molecule has 5 heteroatoms. The van der Waals surface area contributed by atoms with E-state index in [1.54, 1.807) is 25.3 Å². The molecular weight excluding hydrogens is 326 g/mol. The Labute approximate surface area is 144 Å². The quantitative estimate of drug-likeness (QED) is 0.699. The number of fused-ring (bicyclic) bond motifs is 1. The standard InChI is InChI=1S/C19H16ClNO3/c1-23-17-5-3-2-4-13(17)12-21-19(22)9-7-16-11-14-10-15(20)6-8-18(14)24-16/h2-11H,12H2,1H3,(H,21,22)/b9-7+. The smallest absolute Gasteiger partial charge is 0.244 e. The van der Waals surface area contributed by atoms with Crippen LogP contribution >= 0.6 is 11.6 Å². The zero-order chi connectivity index (χ0) is 16.9. The van der Waals surface area contributed by atoms with Crippen LogP contribution in [0.5, 0.6) is 5.75 Å². The predicted molar refractivity (Wildman–Crippen MR) is 95.1 cm³/mol. The van der Waals surface area contributed by atoms with Gasteiger partial charge in [0.05, 0.1) is 7.11 Å². The molecule has 0 aliphatic carbocycles. The lowest BCUT2D eigenvalue weighted by molar-refractivity contribution is -0.116. The normalized spacial score (nSPS) is 11.1. The van der Waals surface area contributed by atoms with Crippen LogP contribution in [0.15, 0.2) is 59.0 Å². The first kappa shape index (κ1) is 16.1. The molecule has 122 valence electrons. The Morgan fingerprint density at radius 2 is 2.08 bits per heavy atom. The van der Waals surface area contributed by atoms with Crippen molar-refractivity contribution in [3.05, 3.63) is 71.0 Å². The van der Waals surface area contributed by atoms with Crippen molar-refractivity contribution in [2.24, 2.45) is 0 Å². The summed E-state index contributed by atoms with van der Waals surface area (Å²) in [5.74, 6) is 1.13. The lowest BCUT2D eigenvalue weighted by Crippen LogP contribution is -2.20. The molecule has 3 rings (SSSR count). The van der Waals surface area contributed by atoms with Crippen molar-refractivity contribution in [2.45, 2.75) is 6.54 Å². The maximum atomic E-state index is 12.0. The molecule has 2 aromatic carbocycles. The average Bonchev–Trinajstić information content (AvgIpc) is 3.00. The monoisotopic (exact) mass is 341 g/mol. The summed E-state index contributed by atoms with van der Waals surface area (Å²) < 4.78 is 10.9. The van der Waals surface area contributed by atoms with Gasteiger partial charge in [0.15, 0.2) is 0 Å². The molecule has 1 N–H and O–H groups in total. The summed E-state index contributed by atoms with van der Waals surface area (Å²) in [7, 11) is 1.61. The first-order valence-corrected chi connectivity index (χ1v) is 7.80. The van der Waals surface area contributed by atoms with E-state index in [0.717, 1.165) is 22.3 Å². The van der Waals surface area contributed by atoms with Crippen LogP contribution in [-0.4, -0.2) is 13.0 Å². The van der Waals surface area contributed by atoms with Crippen molar-refractivity contribution in [1.29, 1.82) is 0 Å². The number of rotatable bonds is 5.